The zero-order chi connectivity index (χ0) is 14.5. The Morgan fingerprint density at radius 2 is 1.25 bits per heavy atom. The molecule has 0 amide bonds. The van der Waals surface area contributed by atoms with Crippen LogP contribution in [0, 0.1) is 0 Å². The highest BCUT2D eigenvalue weighted by Crippen LogP contribution is 2.22. The maximum absolute atomic E-state index is 11.0. The summed E-state index contributed by atoms with van der Waals surface area (Å²) < 4.78 is 10.1. The fourth-order valence-electron chi connectivity index (χ4n) is 1.96. The second-order valence-electron chi connectivity index (χ2n) is 4.53. The minimum atomic E-state index is -0.336. The summed E-state index contributed by atoms with van der Waals surface area (Å²) in [6.45, 7) is 3.09. The van der Waals surface area contributed by atoms with Crippen molar-refractivity contribution in [3.63, 3.8) is 0 Å². The molecule has 0 N–H and O–H groups in total. The van der Waals surface area contributed by atoms with E-state index in [0.717, 1.165) is 21.9 Å². The fraction of sp³-hybridized carbons (Fsp3) is 0.250. The molecule has 0 aliphatic heterocycles. The predicted molar refractivity (Wildman–Crippen MR) is 74.9 cm³/mol. The van der Waals surface area contributed by atoms with Gasteiger partial charge in [0.25, 0.3) is 0 Å². The van der Waals surface area contributed by atoms with Crippen LogP contribution in [0.2, 0.25) is 0 Å². The second-order valence-corrected chi connectivity index (χ2v) is 4.53. The van der Waals surface area contributed by atoms with Crippen molar-refractivity contribution < 1.29 is 19.1 Å². The van der Waals surface area contributed by atoms with E-state index in [0.29, 0.717) is 0 Å². The van der Waals surface area contributed by atoms with E-state index in [9.17, 15) is 9.59 Å². The first kappa shape index (κ1) is 14.1. The molecule has 0 unspecified atom stereocenters. The molecule has 2 aromatic rings. The normalized spacial score (nSPS) is 10.3. The Hall–Kier alpha value is -2.36. The van der Waals surface area contributed by atoms with Crippen molar-refractivity contribution in [2.24, 2.45) is 0 Å². The van der Waals surface area contributed by atoms with Crippen LogP contribution in [0.4, 0.5) is 0 Å². The van der Waals surface area contributed by atoms with Crippen molar-refractivity contribution in [2.75, 3.05) is 0 Å². The number of benzene rings is 2. The number of carbonyl (C=O) groups excluding carboxylic acids is 2. The van der Waals surface area contributed by atoms with E-state index in [4.69, 9.17) is 9.47 Å². The Balaban J connectivity index is 2.35. The average Bonchev–Trinajstić information content (AvgIpc) is 2.42. The third-order valence-corrected chi connectivity index (χ3v) is 2.93. The van der Waals surface area contributed by atoms with Gasteiger partial charge in [0.1, 0.15) is 13.2 Å². The topological polar surface area (TPSA) is 52.6 Å². The molecule has 0 saturated heterocycles. The summed E-state index contributed by atoms with van der Waals surface area (Å²) in [7, 11) is 0. The summed E-state index contributed by atoms with van der Waals surface area (Å²) in [5, 5.41) is 2.11. The minimum absolute atomic E-state index is 0.177. The van der Waals surface area contributed by atoms with Gasteiger partial charge in [0.05, 0.1) is 0 Å². The lowest BCUT2D eigenvalue weighted by atomic mass is 10.0. The van der Waals surface area contributed by atoms with Gasteiger partial charge in [-0.2, -0.15) is 0 Å². The highest BCUT2D eigenvalue weighted by Gasteiger charge is 2.08. The first-order valence-electron chi connectivity index (χ1n) is 6.33. The van der Waals surface area contributed by atoms with Crippen LogP contribution in [-0.4, -0.2) is 11.9 Å². The molecular formula is C16H16O4. The highest BCUT2D eigenvalue weighted by atomic mass is 16.5. The molecule has 0 aliphatic rings. The molecule has 2 rings (SSSR count). The summed E-state index contributed by atoms with van der Waals surface area (Å²) in [6.07, 6.45) is 0. The van der Waals surface area contributed by atoms with Crippen LogP contribution < -0.4 is 0 Å². The van der Waals surface area contributed by atoms with Gasteiger partial charge in [0.15, 0.2) is 0 Å². The molecule has 0 saturated carbocycles. The van der Waals surface area contributed by atoms with Gasteiger partial charge in [0.2, 0.25) is 0 Å². The zero-order valence-electron chi connectivity index (χ0n) is 11.5. The molecule has 104 valence electrons. The van der Waals surface area contributed by atoms with Crippen molar-refractivity contribution in [1.29, 1.82) is 0 Å². The lowest BCUT2D eigenvalue weighted by Gasteiger charge is -2.11. The summed E-state index contributed by atoms with van der Waals surface area (Å²) in [6, 6.07) is 11.8. The Morgan fingerprint density at radius 1 is 0.850 bits per heavy atom. The van der Waals surface area contributed by atoms with Crippen LogP contribution in [0.25, 0.3) is 10.8 Å². The van der Waals surface area contributed by atoms with Gasteiger partial charge in [0, 0.05) is 13.8 Å². The van der Waals surface area contributed by atoms with Crippen molar-refractivity contribution in [1.82, 2.24) is 0 Å². The standard InChI is InChI=1S/C16H16O4/c1-11(17)19-9-15-7-13-5-3-4-6-14(13)8-16(15)10-20-12(2)18/h3-8H,9-10H2,1-2H3. The zero-order valence-corrected chi connectivity index (χ0v) is 11.5. The summed E-state index contributed by atoms with van der Waals surface area (Å²) in [5.41, 5.74) is 1.69. The summed E-state index contributed by atoms with van der Waals surface area (Å²) in [4.78, 5) is 21.9. The van der Waals surface area contributed by atoms with Gasteiger partial charge < -0.3 is 9.47 Å². The predicted octanol–water partition coefficient (Wildman–Crippen LogP) is 2.97. The summed E-state index contributed by atoms with van der Waals surface area (Å²) >= 11 is 0. The second kappa shape index (κ2) is 6.19. The Morgan fingerprint density at radius 3 is 1.60 bits per heavy atom. The third kappa shape index (κ3) is 3.57. The average molecular weight is 272 g/mol. The highest BCUT2D eigenvalue weighted by molar-refractivity contribution is 5.84. The number of hydrogen-bond donors (Lipinski definition) is 0. The van der Waals surface area contributed by atoms with E-state index >= 15 is 0 Å². The molecule has 0 radical (unpaired) electrons. The third-order valence-electron chi connectivity index (χ3n) is 2.93. The van der Waals surface area contributed by atoms with Crippen molar-refractivity contribution in [3.8, 4) is 0 Å². The van der Waals surface area contributed by atoms with Gasteiger partial charge >= 0.3 is 11.9 Å². The smallest absolute Gasteiger partial charge is 0.302 e. The molecular weight excluding hydrogens is 256 g/mol. The Bertz CT molecular complexity index is 589. The fourth-order valence-corrected chi connectivity index (χ4v) is 1.96. The van der Waals surface area contributed by atoms with Crippen LogP contribution in [-0.2, 0) is 32.3 Å². The van der Waals surface area contributed by atoms with E-state index in [1.54, 1.807) is 0 Å². The quantitative estimate of drug-likeness (QED) is 0.803. The van der Waals surface area contributed by atoms with Gasteiger partial charge in [-0.3, -0.25) is 9.59 Å². The lowest BCUT2D eigenvalue weighted by molar-refractivity contribution is -0.143. The van der Waals surface area contributed by atoms with Gasteiger partial charge in [-0.05, 0) is 34.0 Å². The molecule has 0 bridgehead atoms. The van der Waals surface area contributed by atoms with Gasteiger partial charge in [-0.25, -0.2) is 0 Å². The molecule has 4 nitrogen and oxygen atoms in total. The number of fused-ring (bicyclic) bond motifs is 1. The maximum Gasteiger partial charge on any atom is 0.302 e. The van der Waals surface area contributed by atoms with Crippen molar-refractivity contribution in [2.45, 2.75) is 27.1 Å². The molecule has 20 heavy (non-hydrogen) atoms. The molecule has 2 aromatic carbocycles. The van der Waals surface area contributed by atoms with E-state index < -0.39 is 0 Å². The van der Waals surface area contributed by atoms with Crippen LogP contribution >= 0.6 is 0 Å². The van der Waals surface area contributed by atoms with E-state index in [1.807, 2.05) is 36.4 Å². The molecule has 0 spiro atoms. The number of ether oxygens (including phenoxy) is 2. The molecule has 0 fully saturated rings. The van der Waals surface area contributed by atoms with Gasteiger partial charge in [-0.1, -0.05) is 24.3 Å². The number of carbonyl (C=O) groups is 2. The van der Waals surface area contributed by atoms with Crippen LogP contribution in [0.3, 0.4) is 0 Å². The Labute approximate surface area is 117 Å². The van der Waals surface area contributed by atoms with Gasteiger partial charge in [-0.15, -0.1) is 0 Å². The molecule has 0 aliphatic carbocycles. The van der Waals surface area contributed by atoms with Crippen LogP contribution in [0.5, 0.6) is 0 Å². The first-order valence-corrected chi connectivity index (χ1v) is 6.33. The van der Waals surface area contributed by atoms with Crippen LogP contribution in [0.1, 0.15) is 25.0 Å². The molecule has 0 aromatic heterocycles. The van der Waals surface area contributed by atoms with E-state index in [-0.39, 0.29) is 25.2 Å². The number of esters is 2. The van der Waals surface area contributed by atoms with E-state index in [2.05, 4.69) is 0 Å². The monoisotopic (exact) mass is 272 g/mol. The number of rotatable bonds is 4. The molecule has 4 heteroatoms. The minimum Gasteiger partial charge on any atom is -0.461 e. The molecule has 0 heterocycles. The Kier molecular flexibility index (Phi) is 4.35. The van der Waals surface area contributed by atoms with Crippen LogP contribution in [0.15, 0.2) is 36.4 Å². The summed E-state index contributed by atoms with van der Waals surface area (Å²) in [5.74, 6) is -0.673. The van der Waals surface area contributed by atoms with Crippen molar-refractivity contribution in [3.05, 3.63) is 47.5 Å². The van der Waals surface area contributed by atoms with Crippen molar-refractivity contribution >= 4 is 22.7 Å². The number of hydrogen-bond acceptors (Lipinski definition) is 4. The maximum atomic E-state index is 11.0. The lowest BCUT2D eigenvalue weighted by Crippen LogP contribution is -2.05. The largest absolute Gasteiger partial charge is 0.461 e. The first-order chi connectivity index (χ1) is 9.56. The SMILES string of the molecule is CC(=O)OCc1cc2ccccc2cc1COC(C)=O. The van der Waals surface area contributed by atoms with E-state index in [1.165, 1.54) is 13.8 Å². The molecule has 0 atom stereocenters.